The number of aryl methyl sites for hydroxylation is 1. The maximum Gasteiger partial charge on any atom is 0.325 e. The third-order valence-electron chi connectivity index (χ3n) is 5.83. The van der Waals surface area contributed by atoms with Gasteiger partial charge in [0.2, 0.25) is 0 Å². The lowest BCUT2D eigenvalue weighted by Gasteiger charge is -2.43. The van der Waals surface area contributed by atoms with Crippen molar-refractivity contribution in [1.82, 2.24) is 24.8 Å². The number of imide groups is 1. The highest BCUT2D eigenvalue weighted by molar-refractivity contribution is 6.07. The largest absolute Gasteiger partial charge is 0.356 e. The Morgan fingerprint density at radius 2 is 1.93 bits per heavy atom. The van der Waals surface area contributed by atoms with Gasteiger partial charge in [0.15, 0.2) is 5.65 Å². The van der Waals surface area contributed by atoms with E-state index >= 15 is 0 Å². The first-order valence-electron chi connectivity index (χ1n) is 9.52. The second-order valence-electron chi connectivity index (χ2n) is 8.03. The molecule has 0 aromatic carbocycles. The first-order valence-corrected chi connectivity index (χ1v) is 9.52. The smallest absolute Gasteiger partial charge is 0.325 e. The van der Waals surface area contributed by atoms with Crippen molar-refractivity contribution < 1.29 is 9.59 Å². The zero-order valence-electron chi connectivity index (χ0n) is 16.3. The van der Waals surface area contributed by atoms with E-state index in [9.17, 15) is 9.59 Å². The van der Waals surface area contributed by atoms with Gasteiger partial charge in [0.25, 0.3) is 5.91 Å². The van der Waals surface area contributed by atoms with Gasteiger partial charge in [-0.1, -0.05) is 13.8 Å². The van der Waals surface area contributed by atoms with Crippen LogP contribution >= 0.6 is 0 Å². The number of amides is 3. The molecular formula is C19H26N6O2. The summed E-state index contributed by atoms with van der Waals surface area (Å²) in [6, 6.07) is 1.64. The zero-order valence-corrected chi connectivity index (χ0v) is 16.3. The van der Waals surface area contributed by atoms with Crippen LogP contribution in [0, 0.1) is 19.8 Å². The molecule has 8 nitrogen and oxygen atoms in total. The minimum atomic E-state index is -0.725. The zero-order chi connectivity index (χ0) is 19.3. The van der Waals surface area contributed by atoms with E-state index in [0.717, 1.165) is 22.7 Å². The Morgan fingerprint density at radius 1 is 1.22 bits per heavy atom. The van der Waals surface area contributed by atoms with Crippen molar-refractivity contribution in [2.24, 2.45) is 5.92 Å². The summed E-state index contributed by atoms with van der Waals surface area (Å²) in [5, 5.41) is 6.97. The third-order valence-corrected chi connectivity index (χ3v) is 5.83. The molecule has 2 aliphatic rings. The Kier molecular flexibility index (Phi) is 4.09. The van der Waals surface area contributed by atoms with Crippen molar-refractivity contribution in [2.75, 3.05) is 24.5 Å². The van der Waals surface area contributed by atoms with Gasteiger partial charge in [-0.2, -0.15) is 9.61 Å². The quantitative estimate of drug-likeness (QED) is 0.835. The molecule has 2 aromatic rings. The van der Waals surface area contributed by atoms with E-state index in [1.165, 1.54) is 0 Å². The van der Waals surface area contributed by atoms with E-state index in [-0.39, 0.29) is 11.9 Å². The lowest BCUT2D eigenvalue weighted by molar-refractivity contribution is -0.127. The van der Waals surface area contributed by atoms with Gasteiger partial charge in [-0.05, 0) is 32.6 Å². The van der Waals surface area contributed by atoms with E-state index < -0.39 is 5.54 Å². The van der Waals surface area contributed by atoms with Gasteiger partial charge in [-0.15, -0.1) is 0 Å². The average Bonchev–Trinajstić information content (AvgIpc) is 3.15. The molecule has 2 fully saturated rings. The van der Waals surface area contributed by atoms with Crippen LogP contribution in [-0.4, -0.2) is 56.6 Å². The number of hydrogen-bond donors (Lipinski definition) is 1. The first-order chi connectivity index (χ1) is 12.8. The lowest BCUT2D eigenvalue weighted by atomic mass is 9.85. The molecule has 1 spiro atoms. The van der Waals surface area contributed by atoms with E-state index in [1.807, 2.05) is 17.5 Å². The van der Waals surface area contributed by atoms with Gasteiger partial charge in [0.1, 0.15) is 11.4 Å². The Labute approximate surface area is 158 Å². The van der Waals surface area contributed by atoms with Crippen LogP contribution in [0.2, 0.25) is 0 Å². The van der Waals surface area contributed by atoms with Gasteiger partial charge in [0, 0.05) is 37.0 Å². The molecule has 8 heteroatoms. The van der Waals surface area contributed by atoms with Crippen LogP contribution in [0.5, 0.6) is 0 Å². The lowest BCUT2D eigenvalue weighted by Crippen LogP contribution is -2.57. The fourth-order valence-electron chi connectivity index (χ4n) is 4.30. The molecule has 0 atom stereocenters. The fraction of sp³-hybridized carbons (Fsp3) is 0.579. The molecule has 4 heterocycles. The summed E-state index contributed by atoms with van der Waals surface area (Å²) in [5.41, 5.74) is 2.17. The molecule has 0 bridgehead atoms. The fourth-order valence-corrected chi connectivity index (χ4v) is 4.30. The number of hydrogen-bond acceptors (Lipinski definition) is 5. The van der Waals surface area contributed by atoms with E-state index in [1.54, 1.807) is 11.1 Å². The summed E-state index contributed by atoms with van der Waals surface area (Å²) < 4.78 is 1.87. The monoisotopic (exact) mass is 370 g/mol. The molecule has 2 saturated heterocycles. The minimum absolute atomic E-state index is 0.153. The van der Waals surface area contributed by atoms with Crippen molar-refractivity contribution in [1.29, 1.82) is 0 Å². The maximum absolute atomic E-state index is 12.7. The Hall–Kier alpha value is -2.64. The highest BCUT2D eigenvalue weighted by Gasteiger charge is 2.54. The van der Waals surface area contributed by atoms with E-state index in [0.29, 0.717) is 38.4 Å². The second-order valence-corrected chi connectivity index (χ2v) is 8.03. The predicted octanol–water partition coefficient (Wildman–Crippen LogP) is 1.89. The van der Waals surface area contributed by atoms with Crippen molar-refractivity contribution >= 4 is 23.4 Å². The van der Waals surface area contributed by atoms with Gasteiger partial charge in [-0.3, -0.25) is 10.1 Å². The average molecular weight is 370 g/mol. The summed E-state index contributed by atoms with van der Waals surface area (Å²) in [5.74, 6) is 1.18. The number of piperidine rings is 1. The number of fused-ring (bicyclic) bond motifs is 1. The number of urea groups is 1. The molecule has 144 valence electrons. The summed E-state index contributed by atoms with van der Waals surface area (Å²) in [7, 11) is 0. The molecule has 0 saturated carbocycles. The predicted molar refractivity (Wildman–Crippen MR) is 102 cm³/mol. The molecule has 1 N–H and O–H groups in total. The van der Waals surface area contributed by atoms with Crippen LogP contribution in [0.15, 0.2) is 12.3 Å². The molecule has 2 aromatic heterocycles. The summed E-state index contributed by atoms with van der Waals surface area (Å²) in [6.07, 6.45) is 2.98. The molecular weight excluding hydrogens is 344 g/mol. The molecule has 4 rings (SSSR count). The molecule has 0 aliphatic carbocycles. The van der Waals surface area contributed by atoms with Gasteiger partial charge < -0.3 is 9.80 Å². The molecule has 3 amide bonds. The minimum Gasteiger partial charge on any atom is -0.356 e. The van der Waals surface area contributed by atoms with Crippen molar-refractivity contribution in [3.8, 4) is 0 Å². The topological polar surface area (TPSA) is 82.8 Å². The maximum atomic E-state index is 12.7. The first kappa shape index (κ1) is 17.8. The Balaban J connectivity index is 1.64. The van der Waals surface area contributed by atoms with Gasteiger partial charge in [-0.25, -0.2) is 9.78 Å². The Bertz CT molecular complexity index is 910. The Morgan fingerprint density at radius 3 is 2.59 bits per heavy atom. The standard InChI is InChI=1S/C19H26N6O2/c1-12(2)11-24-18(27)22-17(26)19(24)6-9-23(10-7-19)16-13(3)14(4)21-15-5-8-20-25(15)16/h5,8,12H,6-7,9-11H2,1-4H3,(H,22,26,27). The molecule has 0 radical (unpaired) electrons. The normalized spacial score (nSPS) is 19.6. The third kappa shape index (κ3) is 2.65. The molecule has 0 unspecified atom stereocenters. The number of aromatic nitrogens is 3. The molecule has 27 heavy (non-hydrogen) atoms. The number of nitrogens with zero attached hydrogens (tertiary/aromatic N) is 5. The summed E-state index contributed by atoms with van der Waals surface area (Å²) >= 11 is 0. The van der Waals surface area contributed by atoms with Crippen LogP contribution < -0.4 is 10.2 Å². The van der Waals surface area contributed by atoms with Gasteiger partial charge >= 0.3 is 6.03 Å². The summed E-state index contributed by atoms with van der Waals surface area (Å²) in [4.78, 5) is 33.6. The van der Waals surface area contributed by atoms with Crippen molar-refractivity contribution in [2.45, 2.75) is 46.1 Å². The van der Waals surface area contributed by atoms with Crippen LogP contribution in [-0.2, 0) is 4.79 Å². The van der Waals surface area contributed by atoms with Crippen LogP contribution in [0.25, 0.3) is 5.65 Å². The van der Waals surface area contributed by atoms with Crippen LogP contribution in [0.1, 0.15) is 37.9 Å². The van der Waals surface area contributed by atoms with Crippen molar-refractivity contribution in [3.05, 3.63) is 23.5 Å². The number of carbonyl (C=O) groups is 2. The molecule has 2 aliphatic heterocycles. The van der Waals surface area contributed by atoms with E-state index in [2.05, 4.69) is 41.1 Å². The number of carbonyl (C=O) groups excluding carboxylic acids is 2. The highest BCUT2D eigenvalue weighted by Crippen LogP contribution is 2.36. The number of nitrogens with one attached hydrogen (secondary N) is 1. The number of rotatable bonds is 3. The van der Waals surface area contributed by atoms with Crippen LogP contribution in [0.3, 0.4) is 0 Å². The van der Waals surface area contributed by atoms with Crippen molar-refractivity contribution in [3.63, 3.8) is 0 Å². The SMILES string of the molecule is Cc1nc2ccnn2c(N2CCC3(CC2)C(=O)NC(=O)N3CC(C)C)c1C. The van der Waals surface area contributed by atoms with E-state index in [4.69, 9.17) is 0 Å². The van der Waals surface area contributed by atoms with Crippen LogP contribution in [0.4, 0.5) is 10.6 Å². The highest BCUT2D eigenvalue weighted by atomic mass is 16.2. The second kappa shape index (κ2) is 6.21. The van der Waals surface area contributed by atoms with Gasteiger partial charge in [0.05, 0.1) is 6.20 Å². The number of anilines is 1. The summed E-state index contributed by atoms with van der Waals surface area (Å²) in [6.45, 7) is 10.2.